The summed E-state index contributed by atoms with van der Waals surface area (Å²) in [6.45, 7) is 5.46. The van der Waals surface area contributed by atoms with Crippen LogP contribution >= 0.6 is 11.6 Å². The maximum absolute atomic E-state index is 12.6. The normalized spacial score (nSPS) is 24.1. The molecule has 1 aromatic rings. The number of rotatable bonds is 5. The Morgan fingerprint density at radius 1 is 1.15 bits per heavy atom. The molecule has 1 aliphatic rings. The lowest BCUT2D eigenvalue weighted by Crippen LogP contribution is -2.29. The van der Waals surface area contributed by atoms with Crippen molar-refractivity contribution in [2.24, 2.45) is 11.8 Å². The van der Waals surface area contributed by atoms with E-state index in [2.05, 4.69) is 13.8 Å². The molecule has 112 valence electrons. The third kappa shape index (κ3) is 3.35. The third-order valence-electron chi connectivity index (χ3n) is 4.11. The molecule has 0 aromatic heterocycles. The zero-order chi connectivity index (χ0) is 14.8. The zero-order valence-corrected chi connectivity index (χ0v) is 13.6. The van der Waals surface area contributed by atoms with Gasteiger partial charge in [-0.2, -0.15) is 4.31 Å². The van der Waals surface area contributed by atoms with Gasteiger partial charge >= 0.3 is 0 Å². The lowest BCUT2D eigenvalue weighted by Gasteiger charge is -2.16. The van der Waals surface area contributed by atoms with Crippen molar-refractivity contribution in [2.45, 2.75) is 31.6 Å². The molecule has 2 rings (SSSR count). The highest BCUT2D eigenvalue weighted by Gasteiger charge is 2.34. The smallest absolute Gasteiger partial charge is 0.207 e. The van der Waals surface area contributed by atoms with Gasteiger partial charge in [0.2, 0.25) is 10.0 Å². The number of nitrogens with zero attached hydrogens (tertiary/aromatic N) is 1. The van der Waals surface area contributed by atoms with E-state index in [1.165, 1.54) is 0 Å². The Bertz CT molecular complexity index is 531. The number of alkyl halides is 1. The maximum Gasteiger partial charge on any atom is 0.243 e. The Labute approximate surface area is 127 Å². The molecule has 0 bridgehead atoms. The zero-order valence-electron chi connectivity index (χ0n) is 12.0. The third-order valence-corrected chi connectivity index (χ3v) is 6.23. The van der Waals surface area contributed by atoms with Crippen LogP contribution in [-0.2, 0) is 16.4 Å². The molecular formula is C15H22ClNO2S. The molecule has 2 atom stereocenters. The average Bonchev–Trinajstić information content (AvgIpc) is 2.77. The first-order chi connectivity index (χ1) is 9.45. The number of benzene rings is 1. The van der Waals surface area contributed by atoms with Crippen molar-refractivity contribution in [1.29, 1.82) is 0 Å². The molecule has 20 heavy (non-hydrogen) atoms. The van der Waals surface area contributed by atoms with Crippen molar-refractivity contribution >= 4 is 21.6 Å². The van der Waals surface area contributed by atoms with Gasteiger partial charge in [0.1, 0.15) is 0 Å². The SMILES string of the molecule is CC1CN(S(=O)(=O)c2ccc(CCCCl)cc2)CC1C. The summed E-state index contributed by atoms with van der Waals surface area (Å²) in [6, 6.07) is 7.21. The van der Waals surface area contributed by atoms with Gasteiger partial charge in [-0.3, -0.25) is 0 Å². The fourth-order valence-corrected chi connectivity index (χ4v) is 4.30. The average molecular weight is 316 g/mol. The highest BCUT2D eigenvalue weighted by atomic mass is 35.5. The molecule has 1 heterocycles. The van der Waals surface area contributed by atoms with Crippen LogP contribution in [0.25, 0.3) is 0 Å². The second-order valence-electron chi connectivity index (χ2n) is 5.71. The number of hydrogen-bond donors (Lipinski definition) is 0. The molecule has 0 amide bonds. The lowest BCUT2D eigenvalue weighted by molar-refractivity contribution is 0.463. The van der Waals surface area contributed by atoms with Gasteiger partial charge in [0.05, 0.1) is 4.90 Å². The minimum Gasteiger partial charge on any atom is -0.207 e. The van der Waals surface area contributed by atoms with Crippen molar-refractivity contribution in [2.75, 3.05) is 19.0 Å². The molecule has 1 saturated heterocycles. The first-order valence-electron chi connectivity index (χ1n) is 7.10. The van der Waals surface area contributed by atoms with Gasteiger partial charge in [0.15, 0.2) is 0 Å². The predicted octanol–water partition coefficient (Wildman–Crippen LogP) is 3.13. The molecule has 0 saturated carbocycles. The topological polar surface area (TPSA) is 37.4 Å². The highest BCUT2D eigenvalue weighted by Crippen LogP contribution is 2.28. The van der Waals surface area contributed by atoms with Crippen LogP contribution in [0.2, 0.25) is 0 Å². The standard InChI is InChI=1S/C15H22ClNO2S/c1-12-10-17(11-13(12)2)20(18,19)15-7-5-14(6-8-15)4-3-9-16/h5-8,12-13H,3-4,9-11H2,1-2H3. The molecule has 0 aliphatic carbocycles. The second-order valence-corrected chi connectivity index (χ2v) is 8.03. The minimum atomic E-state index is -3.33. The fourth-order valence-electron chi connectivity index (χ4n) is 2.52. The summed E-state index contributed by atoms with van der Waals surface area (Å²) in [6.07, 6.45) is 1.80. The molecule has 1 aromatic carbocycles. The van der Waals surface area contributed by atoms with Crippen molar-refractivity contribution in [3.8, 4) is 0 Å². The molecule has 0 N–H and O–H groups in total. The van der Waals surface area contributed by atoms with Gasteiger partial charge in [0.25, 0.3) is 0 Å². The molecule has 2 unspecified atom stereocenters. The van der Waals surface area contributed by atoms with E-state index >= 15 is 0 Å². The molecule has 1 fully saturated rings. The van der Waals surface area contributed by atoms with Crippen LogP contribution in [0.15, 0.2) is 29.2 Å². The van der Waals surface area contributed by atoms with E-state index in [9.17, 15) is 8.42 Å². The Morgan fingerprint density at radius 3 is 2.20 bits per heavy atom. The quantitative estimate of drug-likeness (QED) is 0.783. The summed E-state index contributed by atoms with van der Waals surface area (Å²) < 4.78 is 26.7. The second kappa shape index (κ2) is 6.46. The monoisotopic (exact) mass is 315 g/mol. The summed E-state index contributed by atoms with van der Waals surface area (Å²) in [7, 11) is -3.33. The maximum atomic E-state index is 12.6. The summed E-state index contributed by atoms with van der Waals surface area (Å²) >= 11 is 5.67. The van der Waals surface area contributed by atoms with Gasteiger partial charge < -0.3 is 0 Å². The van der Waals surface area contributed by atoms with Crippen molar-refractivity contribution in [3.63, 3.8) is 0 Å². The van der Waals surface area contributed by atoms with E-state index in [0.717, 1.165) is 18.4 Å². The largest absolute Gasteiger partial charge is 0.243 e. The summed E-state index contributed by atoms with van der Waals surface area (Å²) in [5.74, 6) is 1.48. The van der Waals surface area contributed by atoms with Crippen LogP contribution in [0.3, 0.4) is 0 Å². The van der Waals surface area contributed by atoms with Gasteiger partial charge in [0, 0.05) is 19.0 Å². The van der Waals surface area contributed by atoms with Gasteiger partial charge in [-0.05, 0) is 42.4 Å². The van der Waals surface area contributed by atoms with E-state index in [1.807, 2.05) is 12.1 Å². The van der Waals surface area contributed by atoms with E-state index in [1.54, 1.807) is 16.4 Å². The number of sulfonamides is 1. The van der Waals surface area contributed by atoms with Crippen LogP contribution in [0.4, 0.5) is 0 Å². The molecule has 5 heteroatoms. The lowest BCUT2D eigenvalue weighted by atomic mass is 10.0. The van der Waals surface area contributed by atoms with E-state index in [4.69, 9.17) is 11.6 Å². The molecule has 0 radical (unpaired) electrons. The van der Waals surface area contributed by atoms with Gasteiger partial charge in [-0.25, -0.2) is 8.42 Å². The summed E-state index contributed by atoms with van der Waals surface area (Å²) in [5, 5.41) is 0. The van der Waals surface area contributed by atoms with E-state index in [0.29, 0.717) is 35.7 Å². The van der Waals surface area contributed by atoms with Crippen molar-refractivity contribution in [1.82, 2.24) is 4.31 Å². The summed E-state index contributed by atoms with van der Waals surface area (Å²) in [5.41, 5.74) is 1.13. The van der Waals surface area contributed by atoms with Gasteiger partial charge in [-0.15, -0.1) is 11.6 Å². The molecule has 0 spiro atoms. The molecule has 3 nitrogen and oxygen atoms in total. The Hall–Kier alpha value is -0.580. The van der Waals surface area contributed by atoms with Crippen LogP contribution in [-0.4, -0.2) is 31.7 Å². The Kier molecular flexibility index (Phi) is 5.10. The Morgan fingerprint density at radius 2 is 1.70 bits per heavy atom. The summed E-state index contributed by atoms with van der Waals surface area (Å²) in [4.78, 5) is 0.397. The molecular weight excluding hydrogens is 294 g/mol. The number of aryl methyl sites for hydroxylation is 1. The fraction of sp³-hybridized carbons (Fsp3) is 0.600. The number of hydrogen-bond acceptors (Lipinski definition) is 2. The highest BCUT2D eigenvalue weighted by molar-refractivity contribution is 7.89. The minimum absolute atomic E-state index is 0.397. The van der Waals surface area contributed by atoms with Crippen LogP contribution in [0, 0.1) is 11.8 Å². The predicted molar refractivity (Wildman–Crippen MR) is 82.6 cm³/mol. The van der Waals surface area contributed by atoms with Crippen LogP contribution in [0.5, 0.6) is 0 Å². The van der Waals surface area contributed by atoms with Crippen LogP contribution in [0.1, 0.15) is 25.8 Å². The van der Waals surface area contributed by atoms with Crippen LogP contribution < -0.4 is 0 Å². The van der Waals surface area contributed by atoms with Gasteiger partial charge in [-0.1, -0.05) is 26.0 Å². The van der Waals surface area contributed by atoms with Crippen molar-refractivity contribution < 1.29 is 8.42 Å². The first kappa shape index (κ1) is 15.8. The van der Waals surface area contributed by atoms with E-state index < -0.39 is 10.0 Å². The number of halogens is 1. The van der Waals surface area contributed by atoms with Crippen molar-refractivity contribution in [3.05, 3.63) is 29.8 Å². The van der Waals surface area contributed by atoms with E-state index in [-0.39, 0.29) is 0 Å². The first-order valence-corrected chi connectivity index (χ1v) is 9.07. The molecule has 1 aliphatic heterocycles. The Balaban J connectivity index is 2.14.